The SMILES string of the molecule is Cc1cc(CN2C[C@@H](F)C[C@H]2CNCc2nc(C)ccc2O)on1. The fourth-order valence-electron chi connectivity index (χ4n) is 3.11. The Morgan fingerprint density at radius 2 is 2.21 bits per heavy atom. The van der Waals surface area contributed by atoms with Crippen LogP contribution in [0, 0.1) is 13.8 Å². The van der Waals surface area contributed by atoms with Crippen molar-refractivity contribution in [2.75, 3.05) is 13.1 Å². The van der Waals surface area contributed by atoms with Crippen LogP contribution in [-0.2, 0) is 13.1 Å². The number of alkyl halides is 1. The first kappa shape index (κ1) is 16.9. The Kier molecular flexibility index (Phi) is 5.11. The molecule has 0 bridgehead atoms. The van der Waals surface area contributed by atoms with Gasteiger partial charge in [-0.15, -0.1) is 0 Å². The predicted molar refractivity (Wildman–Crippen MR) is 87.3 cm³/mol. The molecule has 6 nitrogen and oxygen atoms in total. The summed E-state index contributed by atoms with van der Waals surface area (Å²) >= 11 is 0. The number of hydrogen-bond acceptors (Lipinski definition) is 6. The van der Waals surface area contributed by atoms with Gasteiger partial charge in [0.25, 0.3) is 0 Å². The maximum Gasteiger partial charge on any atom is 0.150 e. The van der Waals surface area contributed by atoms with Gasteiger partial charge < -0.3 is 14.9 Å². The van der Waals surface area contributed by atoms with Crippen LogP contribution in [0.15, 0.2) is 22.7 Å². The van der Waals surface area contributed by atoms with Gasteiger partial charge in [-0.2, -0.15) is 0 Å². The van der Waals surface area contributed by atoms with Gasteiger partial charge in [0.1, 0.15) is 11.9 Å². The third-order valence-corrected chi connectivity index (χ3v) is 4.27. The Morgan fingerprint density at radius 3 is 2.96 bits per heavy atom. The number of likely N-dealkylation sites (tertiary alicyclic amines) is 1. The molecule has 2 atom stereocenters. The van der Waals surface area contributed by atoms with Crippen LogP contribution in [0.3, 0.4) is 0 Å². The first-order valence-corrected chi connectivity index (χ1v) is 8.18. The minimum absolute atomic E-state index is 0.0809. The second-order valence-electron chi connectivity index (χ2n) is 6.40. The van der Waals surface area contributed by atoms with E-state index >= 15 is 0 Å². The molecule has 24 heavy (non-hydrogen) atoms. The molecule has 0 radical (unpaired) electrons. The normalized spacial score (nSPS) is 21.5. The first-order chi connectivity index (χ1) is 11.5. The molecule has 2 aromatic heterocycles. The van der Waals surface area contributed by atoms with Crippen LogP contribution in [-0.4, -0.2) is 45.5 Å². The molecule has 0 unspecified atom stereocenters. The fourth-order valence-corrected chi connectivity index (χ4v) is 3.11. The van der Waals surface area contributed by atoms with E-state index in [1.165, 1.54) is 0 Å². The quantitative estimate of drug-likeness (QED) is 0.843. The Hall–Kier alpha value is -1.99. The van der Waals surface area contributed by atoms with Crippen molar-refractivity contribution in [1.82, 2.24) is 20.4 Å². The smallest absolute Gasteiger partial charge is 0.150 e. The highest BCUT2D eigenvalue weighted by Gasteiger charge is 2.32. The number of hydrogen-bond donors (Lipinski definition) is 2. The van der Waals surface area contributed by atoms with Gasteiger partial charge in [0.05, 0.1) is 17.9 Å². The molecule has 1 aliphatic heterocycles. The van der Waals surface area contributed by atoms with E-state index in [4.69, 9.17) is 4.52 Å². The second kappa shape index (κ2) is 7.27. The molecule has 1 saturated heterocycles. The largest absolute Gasteiger partial charge is 0.506 e. The van der Waals surface area contributed by atoms with Crippen molar-refractivity contribution < 1.29 is 14.0 Å². The predicted octanol–water partition coefficient (Wildman–Crippen LogP) is 2.09. The van der Waals surface area contributed by atoms with Crippen LogP contribution in [0.2, 0.25) is 0 Å². The zero-order valence-electron chi connectivity index (χ0n) is 14.0. The standard InChI is InChI=1S/C17H23FN4O2/c1-11-3-4-17(23)16(20-11)8-19-7-14-6-13(18)9-22(14)10-15-5-12(2)21-24-15/h3-5,13-14,19,23H,6-10H2,1-2H3/t13-,14-/m0/s1. The molecule has 0 amide bonds. The number of aromatic hydroxyl groups is 1. The fraction of sp³-hybridized carbons (Fsp3) is 0.529. The lowest BCUT2D eigenvalue weighted by atomic mass is 10.2. The maximum absolute atomic E-state index is 13.8. The van der Waals surface area contributed by atoms with Crippen LogP contribution in [0.4, 0.5) is 4.39 Å². The van der Waals surface area contributed by atoms with Crippen LogP contribution >= 0.6 is 0 Å². The summed E-state index contributed by atoms with van der Waals surface area (Å²) in [5.41, 5.74) is 2.30. The Morgan fingerprint density at radius 1 is 1.38 bits per heavy atom. The lowest BCUT2D eigenvalue weighted by Crippen LogP contribution is -2.37. The van der Waals surface area contributed by atoms with Crippen molar-refractivity contribution in [2.24, 2.45) is 0 Å². The highest BCUT2D eigenvalue weighted by molar-refractivity contribution is 5.27. The van der Waals surface area contributed by atoms with Crippen molar-refractivity contribution >= 4 is 0 Å². The summed E-state index contributed by atoms with van der Waals surface area (Å²) in [6, 6.07) is 5.37. The monoisotopic (exact) mass is 334 g/mol. The average Bonchev–Trinajstić information content (AvgIpc) is 3.09. The Balaban J connectivity index is 1.55. The van der Waals surface area contributed by atoms with Gasteiger partial charge in [0.15, 0.2) is 5.76 Å². The van der Waals surface area contributed by atoms with Crippen LogP contribution in [0.5, 0.6) is 5.75 Å². The van der Waals surface area contributed by atoms with E-state index < -0.39 is 6.17 Å². The molecule has 3 heterocycles. The molecule has 1 fully saturated rings. The molecule has 0 aromatic carbocycles. The summed E-state index contributed by atoms with van der Waals surface area (Å²) in [4.78, 5) is 6.39. The maximum atomic E-state index is 13.8. The van der Waals surface area contributed by atoms with Crippen molar-refractivity contribution in [3.05, 3.63) is 41.0 Å². The Bertz CT molecular complexity index is 691. The van der Waals surface area contributed by atoms with Crippen molar-refractivity contribution in [1.29, 1.82) is 0 Å². The second-order valence-corrected chi connectivity index (χ2v) is 6.40. The molecule has 130 valence electrons. The van der Waals surface area contributed by atoms with E-state index in [-0.39, 0.29) is 11.8 Å². The van der Waals surface area contributed by atoms with Gasteiger partial charge in [-0.05, 0) is 32.4 Å². The third-order valence-electron chi connectivity index (χ3n) is 4.27. The first-order valence-electron chi connectivity index (χ1n) is 8.18. The lowest BCUT2D eigenvalue weighted by molar-refractivity contribution is 0.203. The van der Waals surface area contributed by atoms with E-state index in [0.717, 1.165) is 17.1 Å². The number of nitrogens with zero attached hydrogens (tertiary/aromatic N) is 3. The Labute approximate surface area is 140 Å². The van der Waals surface area contributed by atoms with Crippen LogP contribution < -0.4 is 5.32 Å². The van der Waals surface area contributed by atoms with E-state index in [2.05, 4.69) is 20.4 Å². The van der Waals surface area contributed by atoms with Crippen molar-refractivity contribution in [2.45, 2.75) is 45.6 Å². The topological polar surface area (TPSA) is 74.4 Å². The molecule has 3 rings (SSSR count). The molecule has 0 spiro atoms. The highest BCUT2D eigenvalue weighted by Crippen LogP contribution is 2.23. The molecule has 1 aliphatic rings. The van der Waals surface area contributed by atoms with Gasteiger partial charge in [-0.1, -0.05) is 5.16 Å². The molecule has 2 aromatic rings. The molecule has 0 saturated carbocycles. The summed E-state index contributed by atoms with van der Waals surface area (Å²) < 4.78 is 19.1. The summed E-state index contributed by atoms with van der Waals surface area (Å²) in [6.45, 7) is 5.80. The minimum Gasteiger partial charge on any atom is -0.506 e. The van der Waals surface area contributed by atoms with Gasteiger partial charge in [0.2, 0.25) is 0 Å². The zero-order valence-corrected chi connectivity index (χ0v) is 14.0. The number of pyridine rings is 1. The summed E-state index contributed by atoms with van der Waals surface area (Å²) in [5.74, 6) is 0.932. The van der Waals surface area contributed by atoms with E-state index in [1.54, 1.807) is 12.1 Å². The van der Waals surface area contributed by atoms with E-state index in [1.807, 2.05) is 19.9 Å². The van der Waals surface area contributed by atoms with Crippen molar-refractivity contribution in [3.8, 4) is 5.75 Å². The molecular formula is C17H23FN4O2. The van der Waals surface area contributed by atoms with Gasteiger partial charge in [-0.25, -0.2) is 4.39 Å². The van der Waals surface area contributed by atoms with E-state index in [9.17, 15) is 9.50 Å². The molecule has 0 aliphatic carbocycles. The summed E-state index contributed by atoms with van der Waals surface area (Å²) in [6.07, 6.45) is -0.334. The number of rotatable bonds is 6. The van der Waals surface area contributed by atoms with Crippen LogP contribution in [0.25, 0.3) is 0 Å². The molecular weight excluding hydrogens is 311 g/mol. The summed E-state index contributed by atoms with van der Waals surface area (Å²) in [5, 5.41) is 17.0. The highest BCUT2D eigenvalue weighted by atomic mass is 19.1. The molecule has 2 N–H and O–H groups in total. The zero-order chi connectivity index (χ0) is 17.1. The van der Waals surface area contributed by atoms with Gasteiger partial charge in [0, 0.05) is 37.4 Å². The third kappa shape index (κ3) is 4.10. The van der Waals surface area contributed by atoms with Crippen molar-refractivity contribution in [3.63, 3.8) is 0 Å². The van der Waals surface area contributed by atoms with Gasteiger partial charge in [-0.3, -0.25) is 9.88 Å². The van der Waals surface area contributed by atoms with Gasteiger partial charge >= 0.3 is 0 Å². The summed E-state index contributed by atoms with van der Waals surface area (Å²) in [7, 11) is 0. The van der Waals surface area contributed by atoms with E-state index in [0.29, 0.717) is 38.3 Å². The minimum atomic E-state index is -0.827. The average molecular weight is 334 g/mol. The lowest BCUT2D eigenvalue weighted by Gasteiger charge is -2.23. The number of aryl methyl sites for hydroxylation is 2. The number of nitrogens with one attached hydrogen (secondary N) is 1. The number of halogens is 1. The molecule has 7 heteroatoms. The van der Waals surface area contributed by atoms with Crippen LogP contribution in [0.1, 0.15) is 29.3 Å². The number of aromatic nitrogens is 2.